The van der Waals surface area contributed by atoms with Crippen LogP contribution in [-0.4, -0.2) is 32.6 Å². The Labute approximate surface area is 141 Å². The van der Waals surface area contributed by atoms with Crippen molar-refractivity contribution in [3.63, 3.8) is 0 Å². The van der Waals surface area contributed by atoms with Crippen molar-refractivity contribution in [2.75, 3.05) is 6.54 Å². The summed E-state index contributed by atoms with van der Waals surface area (Å²) in [7, 11) is 0. The van der Waals surface area contributed by atoms with E-state index in [0.29, 0.717) is 14.8 Å². The zero-order chi connectivity index (χ0) is 17.0. The lowest BCUT2D eigenvalue weighted by Crippen LogP contribution is -2.30. The highest BCUT2D eigenvalue weighted by atomic mass is 32.2. The first kappa shape index (κ1) is 17.1. The summed E-state index contributed by atoms with van der Waals surface area (Å²) in [4.78, 5) is 34.5. The molecular weight excluding hydrogens is 340 g/mol. The summed E-state index contributed by atoms with van der Waals surface area (Å²) in [5.41, 5.74) is 0.614. The predicted molar refractivity (Wildman–Crippen MR) is 87.2 cm³/mol. The maximum Gasteiger partial charge on any atom is 0.269 e. The first-order valence-electron chi connectivity index (χ1n) is 6.58. The molecule has 1 fully saturated rings. The molecule has 7 nitrogen and oxygen atoms in total. The minimum Gasteiger partial charge on any atom is -0.550 e. The van der Waals surface area contributed by atoms with Crippen molar-refractivity contribution in [1.82, 2.24) is 4.90 Å². The molecule has 0 saturated carbocycles. The van der Waals surface area contributed by atoms with Crippen LogP contribution in [0.25, 0.3) is 6.08 Å². The van der Waals surface area contributed by atoms with E-state index >= 15 is 0 Å². The maximum absolute atomic E-state index is 12.2. The smallest absolute Gasteiger partial charge is 0.269 e. The molecule has 0 N–H and O–H groups in total. The van der Waals surface area contributed by atoms with Gasteiger partial charge in [0.1, 0.15) is 4.32 Å². The monoisotopic (exact) mass is 351 g/mol. The van der Waals surface area contributed by atoms with Gasteiger partial charge in [0.25, 0.3) is 11.6 Å². The van der Waals surface area contributed by atoms with Crippen molar-refractivity contribution in [3.05, 3.63) is 44.8 Å². The molecule has 1 aliphatic rings. The number of carbonyl (C=O) groups excluding carboxylic acids is 2. The van der Waals surface area contributed by atoms with Gasteiger partial charge in [-0.25, -0.2) is 0 Å². The molecule has 1 aromatic carbocycles. The van der Waals surface area contributed by atoms with E-state index in [9.17, 15) is 24.8 Å². The number of nitro benzene ring substituents is 1. The summed E-state index contributed by atoms with van der Waals surface area (Å²) in [6.07, 6.45) is 1.72. The van der Waals surface area contributed by atoms with E-state index in [1.165, 1.54) is 17.0 Å². The molecule has 2 rings (SSSR count). The van der Waals surface area contributed by atoms with Gasteiger partial charge in [-0.05, 0) is 36.6 Å². The standard InChI is InChI=1S/C14H12N2O5S2/c17-12(18)2-1-7-15-13(19)11(23-14(15)22)8-9-3-5-10(6-4-9)16(20)21/h3-6,8H,1-2,7H2,(H,17,18)/p-1/b11-8+. The predicted octanol–water partition coefficient (Wildman–Crippen LogP) is 1.33. The highest BCUT2D eigenvalue weighted by Gasteiger charge is 2.31. The lowest BCUT2D eigenvalue weighted by molar-refractivity contribution is -0.384. The van der Waals surface area contributed by atoms with Crippen LogP contribution in [0.5, 0.6) is 0 Å². The third kappa shape index (κ3) is 4.36. The van der Waals surface area contributed by atoms with Crippen LogP contribution in [0.2, 0.25) is 0 Å². The largest absolute Gasteiger partial charge is 0.550 e. The second-order valence-corrected chi connectivity index (χ2v) is 6.33. The Morgan fingerprint density at radius 1 is 1.35 bits per heavy atom. The van der Waals surface area contributed by atoms with Crippen molar-refractivity contribution in [1.29, 1.82) is 0 Å². The normalized spacial score (nSPS) is 16.2. The Balaban J connectivity index is 2.08. The number of rotatable bonds is 6. The van der Waals surface area contributed by atoms with Crippen molar-refractivity contribution in [3.8, 4) is 0 Å². The van der Waals surface area contributed by atoms with Crippen molar-refractivity contribution >= 4 is 51.9 Å². The third-order valence-electron chi connectivity index (χ3n) is 3.04. The zero-order valence-electron chi connectivity index (χ0n) is 11.8. The number of non-ortho nitro benzene ring substituents is 1. The number of carboxylic acid groups (broad SMARTS) is 1. The Bertz CT molecular complexity index is 700. The number of nitrogens with zero attached hydrogens (tertiary/aromatic N) is 2. The number of hydrogen-bond donors (Lipinski definition) is 0. The second kappa shape index (κ2) is 7.34. The quantitative estimate of drug-likeness (QED) is 0.329. The van der Waals surface area contributed by atoms with Gasteiger partial charge in [-0.1, -0.05) is 24.0 Å². The van der Waals surface area contributed by atoms with E-state index in [2.05, 4.69) is 0 Å². The maximum atomic E-state index is 12.2. The van der Waals surface area contributed by atoms with Gasteiger partial charge in [-0.2, -0.15) is 0 Å². The fraction of sp³-hybridized carbons (Fsp3) is 0.214. The molecule has 9 heteroatoms. The summed E-state index contributed by atoms with van der Waals surface area (Å²) < 4.78 is 0.363. The molecule has 1 saturated heterocycles. The number of hydrogen-bond acceptors (Lipinski definition) is 7. The number of amides is 1. The molecule has 120 valence electrons. The Morgan fingerprint density at radius 3 is 2.57 bits per heavy atom. The molecule has 0 aromatic heterocycles. The van der Waals surface area contributed by atoms with Crippen LogP contribution in [0.15, 0.2) is 29.2 Å². The molecule has 1 aromatic rings. The van der Waals surface area contributed by atoms with Gasteiger partial charge in [0.15, 0.2) is 0 Å². The van der Waals surface area contributed by atoms with E-state index in [1.54, 1.807) is 18.2 Å². The summed E-state index contributed by atoms with van der Waals surface area (Å²) in [6.45, 7) is 0.219. The lowest BCUT2D eigenvalue weighted by Gasteiger charge is -2.14. The van der Waals surface area contributed by atoms with E-state index < -0.39 is 10.9 Å². The first-order valence-corrected chi connectivity index (χ1v) is 7.80. The van der Waals surface area contributed by atoms with Gasteiger partial charge in [0.2, 0.25) is 0 Å². The minimum absolute atomic E-state index is 0.0306. The average molecular weight is 351 g/mol. The molecule has 1 amide bonds. The molecule has 0 atom stereocenters. The van der Waals surface area contributed by atoms with Gasteiger partial charge < -0.3 is 9.90 Å². The number of benzene rings is 1. The van der Waals surface area contributed by atoms with Crippen molar-refractivity contribution < 1.29 is 19.6 Å². The first-order chi connectivity index (χ1) is 10.9. The van der Waals surface area contributed by atoms with Crippen LogP contribution in [0, 0.1) is 10.1 Å². The molecule has 0 bridgehead atoms. The fourth-order valence-electron chi connectivity index (χ4n) is 1.92. The lowest BCUT2D eigenvalue weighted by atomic mass is 10.2. The van der Waals surface area contributed by atoms with Crippen LogP contribution in [0.1, 0.15) is 18.4 Å². The summed E-state index contributed by atoms with van der Waals surface area (Å²) in [5, 5.41) is 21.0. The Morgan fingerprint density at radius 2 is 2.00 bits per heavy atom. The van der Waals surface area contributed by atoms with Gasteiger partial charge in [0, 0.05) is 24.6 Å². The molecule has 0 radical (unpaired) electrons. The molecule has 1 aliphatic heterocycles. The number of thioether (sulfide) groups is 1. The van der Waals surface area contributed by atoms with Crippen molar-refractivity contribution in [2.45, 2.75) is 12.8 Å². The Kier molecular flexibility index (Phi) is 5.45. The van der Waals surface area contributed by atoms with Crippen LogP contribution in [-0.2, 0) is 9.59 Å². The van der Waals surface area contributed by atoms with Gasteiger partial charge in [-0.3, -0.25) is 19.8 Å². The zero-order valence-corrected chi connectivity index (χ0v) is 13.4. The third-order valence-corrected chi connectivity index (χ3v) is 4.42. The topological polar surface area (TPSA) is 104 Å². The van der Waals surface area contributed by atoms with Crippen LogP contribution in [0.4, 0.5) is 5.69 Å². The molecule has 23 heavy (non-hydrogen) atoms. The van der Waals surface area contributed by atoms with Crippen molar-refractivity contribution in [2.24, 2.45) is 0 Å². The minimum atomic E-state index is -1.17. The molecule has 0 unspecified atom stereocenters. The van der Waals surface area contributed by atoms with E-state index in [4.69, 9.17) is 12.2 Å². The average Bonchev–Trinajstić information content (AvgIpc) is 2.75. The summed E-state index contributed by atoms with van der Waals surface area (Å²) in [5.74, 6) is -1.46. The number of nitro groups is 1. The number of carbonyl (C=O) groups is 2. The number of carboxylic acids is 1. The highest BCUT2D eigenvalue weighted by Crippen LogP contribution is 2.32. The number of thiocarbonyl (C=S) groups is 1. The van der Waals surface area contributed by atoms with Gasteiger partial charge >= 0.3 is 0 Å². The Hall–Kier alpha value is -2.26. The number of aliphatic carboxylic acids is 1. The van der Waals surface area contributed by atoms with Gasteiger partial charge in [-0.15, -0.1) is 0 Å². The molecule has 1 heterocycles. The van der Waals surface area contributed by atoms with Crippen LogP contribution >= 0.6 is 24.0 Å². The second-order valence-electron chi connectivity index (χ2n) is 4.66. The summed E-state index contributed by atoms with van der Waals surface area (Å²) >= 11 is 6.24. The SMILES string of the molecule is O=C([O-])CCCN1C(=O)/C(=C\c2ccc([N+](=O)[O-])cc2)SC1=S. The van der Waals surface area contributed by atoms with E-state index in [0.717, 1.165) is 11.8 Å². The fourth-order valence-corrected chi connectivity index (χ4v) is 3.23. The highest BCUT2D eigenvalue weighted by molar-refractivity contribution is 8.26. The molecule has 0 aliphatic carbocycles. The van der Waals surface area contributed by atoms with Crippen LogP contribution in [0.3, 0.4) is 0 Å². The van der Waals surface area contributed by atoms with E-state index in [1.807, 2.05) is 0 Å². The van der Waals surface area contributed by atoms with Crippen LogP contribution < -0.4 is 5.11 Å². The molecule has 0 spiro atoms. The molecular formula is C14H11N2O5S2-. The summed E-state index contributed by atoms with van der Waals surface area (Å²) in [6, 6.07) is 5.79. The van der Waals surface area contributed by atoms with Gasteiger partial charge in [0.05, 0.1) is 9.83 Å². The van der Waals surface area contributed by atoms with E-state index in [-0.39, 0.29) is 31.0 Å².